The van der Waals surface area contributed by atoms with Crippen LogP contribution < -0.4 is 10.6 Å². The summed E-state index contributed by atoms with van der Waals surface area (Å²) in [6.07, 6.45) is 9.29. The molecule has 0 aromatic carbocycles. The molecule has 1 saturated heterocycles. The van der Waals surface area contributed by atoms with Gasteiger partial charge in [-0.1, -0.05) is 33.6 Å². The second kappa shape index (κ2) is 9.12. The summed E-state index contributed by atoms with van der Waals surface area (Å²) in [6.45, 7) is 9.20. The molecule has 0 radical (unpaired) electrons. The number of hydrogen-bond donors (Lipinski definition) is 2. The molecule has 2 fully saturated rings. The van der Waals surface area contributed by atoms with Gasteiger partial charge in [0.05, 0.1) is 0 Å². The third-order valence-electron chi connectivity index (χ3n) is 5.46. The van der Waals surface area contributed by atoms with Crippen molar-refractivity contribution in [1.82, 2.24) is 10.6 Å². The van der Waals surface area contributed by atoms with Crippen LogP contribution in [0.5, 0.6) is 0 Å². The van der Waals surface area contributed by atoms with E-state index in [9.17, 15) is 4.79 Å². The van der Waals surface area contributed by atoms with E-state index in [2.05, 4.69) is 31.4 Å². The zero-order valence-electron chi connectivity index (χ0n) is 14.6. The van der Waals surface area contributed by atoms with Crippen molar-refractivity contribution in [1.29, 1.82) is 0 Å². The normalized spacial score (nSPS) is 27.0. The molecule has 22 heavy (non-hydrogen) atoms. The molecule has 2 N–H and O–H groups in total. The molecule has 1 heterocycles. The summed E-state index contributed by atoms with van der Waals surface area (Å²) < 4.78 is 0. The van der Waals surface area contributed by atoms with Crippen LogP contribution in [0.25, 0.3) is 0 Å². The summed E-state index contributed by atoms with van der Waals surface area (Å²) in [7, 11) is 0. The Bertz CT molecular complexity index is 334. The van der Waals surface area contributed by atoms with E-state index < -0.39 is 0 Å². The highest BCUT2D eigenvalue weighted by Gasteiger charge is 2.34. The third-order valence-corrected chi connectivity index (χ3v) is 5.46. The maximum Gasteiger partial charge on any atom is 0.220 e. The molecule has 4 heteroatoms. The summed E-state index contributed by atoms with van der Waals surface area (Å²) in [5.41, 5.74) is 0.299. The quantitative estimate of drug-likeness (QED) is 0.820. The third kappa shape index (κ3) is 6.08. The molecule has 1 aliphatic heterocycles. The number of halogens is 1. The predicted octanol–water partition coefficient (Wildman–Crippen LogP) is 3.91. The second-order valence-electron chi connectivity index (χ2n) is 8.16. The van der Waals surface area contributed by atoms with Crippen molar-refractivity contribution in [3.63, 3.8) is 0 Å². The summed E-state index contributed by atoms with van der Waals surface area (Å²) in [4.78, 5) is 12.3. The van der Waals surface area contributed by atoms with Gasteiger partial charge in [0, 0.05) is 12.5 Å². The molecule has 130 valence electrons. The van der Waals surface area contributed by atoms with E-state index in [1.54, 1.807) is 0 Å². The van der Waals surface area contributed by atoms with Crippen molar-refractivity contribution in [3.05, 3.63) is 0 Å². The first-order valence-corrected chi connectivity index (χ1v) is 8.97. The Morgan fingerprint density at radius 2 is 1.73 bits per heavy atom. The molecule has 1 amide bonds. The number of rotatable bonds is 4. The minimum Gasteiger partial charge on any atom is -0.353 e. The maximum absolute atomic E-state index is 12.3. The van der Waals surface area contributed by atoms with Crippen LogP contribution in [0.15, 0.2) is 0 Å². The van der Waals surface area contributed by atoms with E-state index in [4.69, 9.17) is 0 Å². The zero-order chi connectivity index (χ0) is 15.3. The fourth-order valence-electron chi connectivity index (χ4n) is 4.12. The fraction of sp³-hybridized carbons (Fsp3) is 0.944. The van der Waals surface area contributed by atoms with Crippen LogP contribution in [0.1, 0.15) is 72.1 Å². The smallest absolute Gasteiger partial charge is 0.220 e. The van der Waals surface area contributed by atoms with Crippen LogP contribution in [0.2, 0.25) is 0 Å². The summed E-state index contributed by atoms with van der Waals surface area (Å²) in [5.74, 6) is 1.67. The number of piperidine rings is 1. The van der Waals surface area contributed by atoms with Crippen LogP contribution in [-0.2, 0) is 4.79 Å². The lowest BCUT2D eigenvalue weighted by atomic mass is 9.69. The van der Waals surface area contributed by atoms with Gasteiger partial charge in [-0.05, 0) is 62.4 Å². The van der Waals surface area contributed by atoms with Crippen molar-refractivity contribution < 1.29 is 4.79 Å². The van der Waals surface area contributed by atoms with Gasteiger partial charge in [-0.3, -0.25) is 4.79 Å². The first-order chi connectivity index (χ1) is 9.97. The van der Waals surface area contributed by atoms with E-state index in [-0.39, 0.29) is 18.3 Å². The Hall–Kier alpha value is -0.280. The highest BCUT2D eigenvalue weighted by molar-refractivity contribution is 5.85. The molecular weight excluding hydrogens is 296 g/mol. The number of amides is 1. The molecule has 0 aromatic rings. The van der Waals surface area contributed by atoms with Crippen LogP contribution in [0.4, 0.5) is 0 Å². The Balaban J connectivity index is 0.00000242. The molecule has 1 saturated carbocycles. The summed E-state index contributed by atoms with van der Waals surface area (Å²) in [6, 6.07) is 0.402. The van der Waals surface area contributed by atoms with E-state index >= 15 is 0 Å². The van der Waals surface area contributed by atoms with Gasteiger partial charge in [-0.2, -0.15) is 0 Å². The number of carbonyl (C=O) groups is 1. The Labute approximate surface area is 142 Å². The van der Waals surface area contributed by atoms with Crippen molar-refractivity contribution in [2.75, 3.05) is 13.1 Å². The van der Waals surface area contributed by atoms with Crippen LogP contribution >= 0.6 is 12.4 Å². The number of nitrogens with one attached hydrogen (secondary N) is 2. The fourth-order valence-corrected chi connectivity index (χ4v) is 4.12. The van der Waals surface area contributed by atoms with Gasteiger partial charge in [0.2, 0.25) is 5.91 Å². The monoisotopic (exact) mass is 330 g/mol. The maximum atomic E-state index is 12.3. The average molecular weight is 331 g/mol. The lowest BCUT2D eigenvalue weighted by Crippen LogP contribution is -2.46. The molecule has 0 spiro atoms. The Morgan fingerprint density at radius 3 is 2.36 bits per heavy atom. The van der Waals surface area contributed by atoms with Gasteiger partial charge in [-0.15, -0.1) is 12.4 Å². The van der Waals surface area contributed by atoms with Gasteiger partial charge in [0.1, 0.15) is 0 Å². The summed E-state index contributed by atoms with van der Waals surface area (Å²) >= 11 is 0. The van der Waals surface area contributed by atoms with Crippen molar-refractivity contribution in [2.45, 2.75) is 78.2 Å². The van der Waals surface area contributed by atoms with Gasteiger partial charge in [0.25, 0.3) is 0 Å². The Kier molecular flexibility index (Phi) is 8.20. The van der Waals surface area contributed by atoms with Crippen molar-refractivity contribution >= 4 is 18.3 Å². The SMILES string of the molecule is CC(C)(C)C1CCCCC1NC(=O)CCC1CCNCC1.Cl. The zero-order valence-corrected chi connectivity index (χ0v) is 15.4. The lowest BCUT2D eigenvalue weighted by molar-refractivity contribution is -0.123. The minimum absolute atomic E-state index is 0. The molecule has 0 aromatic heterocycles. The second-order valence-corrected chi connectivity index (χ2v) is 8.16. The van der Waals surface area contributed by atoms with Crippen LogP contribution in [0, 0.1) is 17.3 Å². The lowest BCUT2D eigenvalue weighted by Gasteiger charge is -2.40. The molecular formula is C18H35ClN2O. The number of carbonyl (C=O) groups excluding carboxylic acids is 1. The van der Waals surface area contributed by atoms with E-state index in [0.717, 1.165) is 31.8 Å². The van der Waals surface area contributed by atoms with Crippen LogP contribution in [-0.4, -0.2) is 25.0 Å². The average Bonchev–Trinajstić information content (AvgIpc) is 2.46. The molecule has 2 aliphatic rings. The molecule has 1 aliphatic carbocycles. The first-order valence-electron chi connectivity index (χ1n) is 8.97. The van der Waals surface area contributed by atoms with Gasteiger partial charge in [0.15, 0.2) is 0 Å². The standard InChI is InChI=1S/C18H34N2O.ClH/c1-18(2,3)15-6-4-5-7-16(15)20-17(21)9-8-14-10-12-19-13-11-14;/h14-16,19H,4-13H2,1-3H3,(H,20,21);1H. The largest absolute Gasteiger partial charge is 0.353 e. The highest BCUT2D eigenvalue weighted by Crippen LogP contribution is 2.38. The highest BCUT2D eigenvalue weighted by atomic mass is 35.5. The Morgan fingerprint density at radius 1 is 1.09 bits per heavy atom. The first kappa shape index (κ1) is 19.8. The van der Waals surface area contributed by atoms with E-state index in [1.165, 1.54) is 38.5 Å². The molecule has 2 unspecified atom stereocenters. The summed E-state index contributed by atoms with van der Waals surface area (Å²) in [5, 5.41) is 6.75. The van der Waals surface area contributed by atoms with E-state index in [0.29, 0.717) is 17.4 Å². The topological polar surface area (TPSA) is 41.1 Å². The minimum atomic E-state index is 0. The molecule has 2 rings (SSSR count). The van der Waals surface area contributed by atoms with Crippen molar-refractivity contribution in [3.8, 4) is 0 Å². The number of hydrogen-bond acceptors (Lipinski definition) is 2. The van der Waals surface area contributed by atoms with Crippen LogP contribution in [0.3, 0.4) is 0 Å². The van der Waals surface area contributed by atoms with Gasteiger partial charge < -0.3 is 10.6 Å². The van der Waals surface area contributed by atoms with E-state index in [1.807, 2.05) is 0 Å². The molecule has 3 nitrogen and oxygen atoms in total. The predicted molar refractivity (Wildman–Crippen MR) is 95.4 cm³/mol. The van der Waals surface area contributed by atoms with Crippen molar-refractivity contribution in [2.24, 2.45) is 17.3 Å². The molecule has 0 bridgehead atoms. The van der Waals surface area contributed by atoms with Gasteiger partial charge in [-0.25, -0.2) is 0 Å². The molecule has 2 atom stereocenters. The van der Waals surface area contributed by atoms with Gasteiger partial charge >= 0.3 is 0 Å².